The summed E-state index contributed by atoms with van der Waals surface area (Å²) in [5.74, 6) is 0.906. The first-order chi connectivity index (χ1) is 12.6. The molecule has 5 rings (SSSR count). The van der Waals surface area contributed by atoms with Crippen molar-refractivity contribution in [2.24, 2.45) is 7.05 Å². The van der Waals surface area contributed by atoms with Gasteiger partial charge in [-0.25, -0.2) is 14.8 Å². The molecule has 10 heteroatoms. The maximum atomic E-state index is 12.1. The third-order valence-electron chi connectivity index (χ3n) is 5.06. The minimum Gasteiger partial charge on any atom is -0.351 e. The second-order valence-electron chi connectivity index (χ2n) is 6.83. The number of carbonyl (C=O) groups is 1. The fraction of sp³-hybridized carbons (Fsp3) is 0.438. The highest BCUT2D eigenvalue weighted by molar-refractivity contribution is 5.93. The summed E-state index contributed by atoms with van der Waals surface area (Å²) in [6.07, 6.45) is 7.22. The van der Waals surface area contributed by atoms with E-state index in [1.807, 2.05) is 31.2 Å². The zero-order chi connectivity index (χ0) is 17.8. The second kappa shape index (κ2) is 5.41. The first-order valence-electron chi connectivity index (χ1n) is 8.56. The van der Waals surface area contributed by atoms with Gasteiger partial charge in [0.15, 0.2) is 5.65 Å². The number of anilines is 2. The maximum Gasteiger partial charge on any atom is 0.324 e. The Labute approximate surface area is 149 Å². The van der Waals surface area contributed by atoms with Gasteiger partial charge in [-0.05, 0) is 0 Å². The fourth-order valence-corrected chi connectivity index (χ4v) is 3.54. The average molecular weight is 353 g/mol. The quantitative estimate of drug-likeness (QED) is 0.681. The van der Waals surface area contributed by atoms with Crippen LogP contribution in [0.4, 0.5) is 16.3 Å². The smallest absolute Gasteiger partial charge is 0.324 e. The topological polar surface area (TPSA) is 88.2 Å². The van der Waals surface area contributed by atoms with Crippen molar-refractivity contribution in [1.29, 1.82) is 0 Å². The standard InChI is InChI=1S/C16H19N9O/c1-21-3-4-24(16(21)26)11-5-19-25(8-11)12-6-23(7-12)15-13-9-22(2)20-14(13)17-10-18-15/h5,8-10,12H,3-4,6-7H2,1-2H3. The Morgan fingerprint density at radius 3 is 2.73 bits per heavy atom. The van der Waals surface area contributed by atoms with E-state index in [-0.39, 0.29) is 12.1 Å². The van der Waals surface area contributed by atoms with Crippen LogP contribution in [-0.4, -0.2) is 73.7 Å². The highest BCUT2D eigenvalue weighted by Gasteiger charge is 2.33. The van der Waals surface area contributed by atoms with E-state index in [0.717, 1.165) is 36.5 Å². The first-order valence-corrected chi connectivity index (χ1v) is 8.56. The number of nitrogens with zero attached hydrogens (tertiary/aromatic N) is 9. The molecule has 0 unspecified atom stereocenters. The lowest BCUT2D eigenvalue weighted by Gasteiger charge is -2.40. The minimum atomic E-state index is 0.0275. The number of likely N-dealkylation sites (N-methyl/N-ethyl adjacent to an activating group) is 1. The van der Waals surface area contributed by atoms with Gasteiger partial charge < -0.3 is 9.80 Å². The molecule has 0 bridgehead atoms. The molecule has 2 aliphatic heterocycles. The maximum absolute atomic E-state index is 12.1. The number of amides is 2. The zero-order valence-electron chi connectivity index (χ0n) is 14.6. The van der Waals surface area contributed by atoms with E-state index in [2.05, 4.69) is 25.1 Å². The van der Waals surface area contributed by atoms with Gasteiger partial charge in [-0.3, -0.25) is 14.3 Å². The Morgan fingerprint density at radius 2 is 1.96 bits per heavy atom. The van der Waals surface area contributed by atoms with Crippen LogP contribution in [0.5, 0.6) is 0 Å². The van der Waals surface area contributed by atoms with Crippen molar-refractivity contribution in [1.82, 2.24) is 34.4 Å². The molecule has 2 aliphatic rings. The molecule has 0 atom stereocenters. The summed E-state index contributed by atoms with van der Waals surface area (Å²) in [4.78, 5) is 26.4. The van der Waals surface area contributed by atoms with Gasteiger partial charge in [0.2, 0.25) is 0 Å². The highest BCUT2D eigenvalue weighted by Crippen LogP contribution is 2.31. The van der Waals surface area contributed by atoms with Crippen LogP contribution in [0.25, 0.3) is 11.0 Å². The van der Waals surface area contributed by atoms with Gasteiger partial charge in [-0.2, -0.15) is 10.2 Å². The number of carbonyl (C=O) groups excluding carboxylic acids is 1. The van der Waals surface area contributed by atoms with E-state index >= 15 is 0 Å². The lowest BCUT2D eigenvalue weighted by molar-refractivity contribution is 0.229. The summed E-state index contributed by atoms with van der Waals surface area (Å²) < 4.78 is 3.70. The van der Waals surface area contributed by atoms with Gasteiger partial charge >= 0.3 is 6.03 Å². The van der Waals surface area contributed by atoms with Crippen LogP contribution in [0.2, 0.25) is 0 Å². The van der Waals surface area contributed by atoms with E-state index < -0.39 is 0 Å². The van der Waals surface area contributed by atoms with Crippen LogP contribution >= 0.6 is 0 Å². The molecule has 2 fully saturated rings. The molecule has 0 saturated carbocycles. The summed E-state index contributed by atoms with van der Waals surface area (Å²) in [7, 11) is 3.70. The molecule has 3 aromatic rings. The summed E-state index contributed by atoms with van der Waals surface area (Å²) in [6, 6.07) is 0.292. The van der Waals surface area contributed by atoms with Crippen molar-refractivity contribution < 1.29 is 4.79 Å². The number of aryl methyl sites for hydroxylation is 1. The molecule has 0 N–H and O–H groups in total. The van der Waals surface area contributed by atoms with Crippen molar-refractivity contribution in [2.75, 3.05) is 43.0 Å². The van der Waals surface area contributed by atoms with Gasteiger partial charge in [0, 0.05) is 52.7 Å². The number of rotatable bonds is 3. The van der Waals surface area contributed by atoms with Crippen molar-refractivity contribution in [2.45, 2.75) is 6.04 Å². The van der Waals surface area contributed by atoms with Crippen LogP contribution in [0.3, 0.4) is 0 Å². The predicted molar refractivity (Wildman–Crippen MR) is 95.2 cm³/mol. The number of urea groups is 1. The molecule has 26 heavy (non-hydrogen) atoms. The Balaban J connectivity index is 1.32. The van der Waals surface area contributed by atoms with Crippen molar-refractivity contribution in [3.05, 3.63) is 24.9 Å². The van der Waals surface area contributed by atoms with E-state index in [1.165, 1.54) is 0 Å². The van der Waals surface area contributed by atoms with Gasteiger partial charge in [-0.15, -0.1) is 0 Å². The number of hydrogen-bond acceptors (Lipinski definition) is 6. The normalized spacial score (nSPS) is 18.2. The van der Waals surface area contributed by atoms with Crippen molar-refractivity contribution in [3.8, 4) is 0 Å². The third kappa shape index (κ3) is 2.21. The molecule has 10 nitrogen and oxygen atoms in total. The van der Waals surface area contributed by atoms with Crippen molar-refractivity contribution in [3.63, 3.8) is 0 Å². The van der Waals surface area contributed by atoms with Crippen LogP contribution in [0, 0.1) is 0 Å². The third-order valence-corrected chi connectivity index (χ3v) is 5.06. The number of aromatic nitrogens is 6. The van der Waals surface area contributed by atoms with Crippen molar-refractivity contribution >= 4 is 28.6 Å². The molecule has 5 heterocycles. The molecular formula is C16H19N9O. The monoisotopic (exact) mass is 353 g/mol. The van der Waals surface area contributed by atoms with Crippen LogP contribution in [0.15, 0.2) is 24.9 Å². The second-order valence-corrected chi connectivity index (χ2v) is 6.83. The molecule has 0 aromatic carbocycles. The summed E-state index contributed by atoms with van der Waals surface area (Å²) in [5.41, 5.74) is 1.56. The molecule has 134 valence electrons. The molecule has 3 aromatic heterocycles. The largest absolute Gasteiger partial charge is 0.351 e. The van der Waals surface area contributed by atoms with E-state index in [0.29, 0.717) is 12.2 Å². The van der Waals surface area contributed by atoms with Gasteiger partial charge in [0.25, 0.3) is 0 Å². The molecule has 0 spiro atoms. The van der Waals surface area contributed by atoms with Crippen LogP contribution in [-0.2, 0) is 7.05 Å². The van der Waals surface area contributed by atoms with E-state index in [1.54, 1.807) is 27.0 Å². The molecule has 0 radical (unpaired) electrons. The molecule has 2 amide bonds. The van der Waals surface area contributed by atoms with Gasteiger partial charge in [0.1, 0.15) is 12.1 Å². The Morgan fingerprint density at radius 1 is 1.12 bits per heavy atom. The molecule has 2 saturated heterocycles. The SMILES string of the molecule is CN1CCN(c2cnn(C3CN(c4ncnc5nn(C)cc45)C3)c2)C1=O. The Hall–Kier alpha value is -3.17. The van der Waals surface area contributed by atoms with Crippen LogP contribution in [0.1, 0.15) is 6.04 Å². The molecule has 0 aliphatic carbocycles. The van der Waals surface area contributed by atoms with E-state index in [4.69, 9.17) is 0 Å². The average Bonchev–Trinajstić information content (AvgIpc) is 3.26. The lowest BCUT2D eigenvalue weighted by Crippen LogP contribution is -2.48. The number of fused-ring (bicyclic) bond motifs is 1. The zero-order valence-corrected chi connectivity index (χ0v) is 14.6. The number of hydrogen-bond donors (Lipinski definition) is 0. The van der Waals surface area contributed by atoms with Crippen LogP contribution < -0.4 is 9.80 Å². The summed E-state index contributed by atoms with van der Waals surface area (Å²) in [6.45, 7) is 3.08. The lowest BCUT2D eigenvalue weighted by atomic mass is 10.1. The van der Waals surface area contributed by atoms with Gasteiger partial charge in [0.05, 0.1) is 23.3 Å². The summed E-state index contributed by atoms with van der Waals surface area (Å²) in [5, 5.41) is 9.76. The molecular weight excluding hydrogens is 334 g/mol. The predicted octanol–water partition coefficient (Wildman–Crippen LogP) is 0.493. The Kier molecular flexibility index (Phi) is 3.15. The van der Waals surface area contributed by atoms with Gasteiger partial charge in [-0.1, -0.05) is 0 Å². The first kappa shape index (κ1) is 15.1. The minimum absolute atomic E-state index is 0.0275. The Bertz CT molecular complexity index is 987. The van der Waals surface area contributed by atoms with E-state index in [9.17, 15) is 4.79 Å². The highest BCUT2D eigenvalue weighted by atomic mass is 16.2. The fourth-order valence-electron chi connectivity index (χ4n) is 3.54. The summed E-state index contributed by atoms with van der Waals surface area (Å²) >= 11 is 0.